The number of rotatable bonds is 7. The predicted molar refractivity (Wildman–Crippen MR) is 173 cm³/mol. The number of ether oxygens (including phenoxy) is 1. The Morgan fingerprint density at radius 2 is 1.57 bits per heavy atom. The standard InChI is InChI=1S/C38H32N4O.Pt/c1-25(2)21-36-38(28-11-6-5-7-12-28)27(4)40-42(36)29-13-10-14-30(23-29)43-31-17-18-33-32-15-8-9-16-34(32)41(35(33)24-31)37-22-26(3)19-20-39-37;/h5-20,22,25H,21H2,1-4H3;/q-2;+2. The van der Waals surface area contributed by atoms with Gasteiger partial charge in [-0.3, -0.25) is 4.68 Å². The van der Waals surface area contributed by atoms with Gasteiger partial charge in [-0.05, 0) is 66.6 Å². The molecule has 0 aliphatic heterocycles. The summed E-state index contributed by atoms with van der Waals surface area (Å²) in [6.45, 7) is 8.64. The third-order valence-electron chi connectivity index (χ3n) is 7.71. The van der Waals surface area contributed by atoms with Crippen LogP contribution in [0.2, 0.25) is 0 Å². The number of nitrogens with zero attached hydrogens (tertiary/aromatic N) is 4. The zero-order valence-corrected chi connectivity index (χ0v) is 27.4. The van der Waals surface area contributed by atoms with Crippen molar-refractivity contribution in [1.29, 1.82) is 0 Å². The van der Waals surface area contributed by atoms with E-state index in [1.165, 1.54) is 16.8 Å². The van der Waals surface area contributed by atoms with Gasteiger partial charge in [0.25, 0.3) is 0 Å². The molecule has 44 heavy (non-hydrogen) atoms. The second-order valence-corrected chi connectivity index (χ2v) is 11.4. The molecule has 0 saturated heterocycles. The van der Waals surface area contributed by atoms with Crippen LogP contribution in [0.1, 0.15) is 30.8 Å². The Kier molecular flexibility index (Phi) is 8.25. The number of benzene rings is 4. The number of hydrogen-bond donors (Lipinski definition) is 0. The van der Waals surface area contributed by atoms with Gasteiger partial charge in [-0.25, -0.2) is 4.98 Å². The van der Waals surface area contributed by atoms with Crippen molar-refractivity contribution in [1.82, 2.24) is 19.3 Å². The third-order valence-corrected chi connectivity index (χ3v) is 7.71. The van der Waals surface area contributed by atoms with Crippen LogP contribution in [0.5, 0.6) is 11.5 Å². The van der Waals surface area contributed by atoms with Gasteiger partial charge in [0.1, 0.15) is 5.82 Å². The van der Waals surface area contributed by atoms with Crippen molar-refractivity contribution < 1.29 is 25.8 Å². The zero-order valence-electron chi connectivity index (χ0n) is 25.1. The molecule has 0 radical (unpaired) electrons. The third kappa shape index (κ3) is 5.49. The first-order chi connectivity index (χ1) is 21.0. The summed E-state index contributed by atoms with van der Waals surface area (Å²) in [6.07, 6.45) is 2.74. The maximum atomic E-state index is 6.42. The fourth-order valence-electron chi connectivity index (χ4n) is 5.88. The molecule has 0 spiro atoms. The first-order valence-electron chi connectivity index (χ1n) is 14.7. The van der Waals surface area contributed by atoms with E-state index in [-0.39, 0.29) is 21.1 Å². The Balaban J connectivity index is 0.00000343. The van der Waals surface area contributed by atoms with Gasteiger partial charge in [0.15, 0.2) is 0 Å². The van der Waals surface area contributed by atoms with Crippen molar-refractivity contribution >= 4 is 21.8 Å². The summed E-state index contributed by atoms with van der Waals surface area (Å²) in [4.78, 5) is 4.69. The molecule has 7 rings (SSSR count). The smallest absolute Gasteiger partial charge is 0.509 e. The fourth-order valence-corrected chi connectivity index (χ4v) is 5.88. The summed E-state index contributed by atoms with van der Waals surface area (Å²) >= 11 is 0. The summed E-state index contributed by atoms with van der Waals surface area (Å²) in [5, 5.41) is 7.24. The largest absolute Gasteiger partial charge is 2.00 e. The van der Waals surface area contributed by atoms with Crippen molar-refractivity contribution in [3.05, 3.63) is 132 Å². The van der Waals surface area contributed by atoms with E-state index >= 15 is 0 Å². The molecule has 5 nitrogen and oxygen atoms in total. The molecular weight excluding hydrogens is 724 g/mol. The van der Waals surface area contributed by atoms with E-state index in [2.05, 4.69) is 110 Å². The number of aryl methyl sites for hydroxylation is 2. The summed E-state index contributed by atoms with van der Waals surface area (Å²) in [5.41, 5.74) is 8.53. The van der Waals surface area contributed by atoms with Crippen LogP contribution in [-0.4, -0.2) is 19.3 Å². The van der Waals surface area contributed by atoms with Crippen molar-refractivity contribution in [2.24, 2.45) is 5.92 Å². The number of hydrogen-bond acceptors (Lipinski definition) is 3. The van der Waals surface area contributed by atoms with E-state index < -0.39 is 0 Å². The monoisotopic (exact) mass is 755 g/mol. The average molecular weight is 756 g/mol. The van der Waals surface area contributed by atoms with Gasteiger partial charge in [-0.2, -0.15) is 17.2 Å². The molecule has 0 unspecified atom stereocenters. The van der Waals surface area contributed by atoms with Gasteiger partial charge in [0.2, 0.25) is 0 Å². The molecule has 3 heterocycles. The van der Waals surface area contributed by atoms with Gasteiger partial charge >= 0.3 is 21.1 Å². The Hall–Kier alpha value is -4.47. The van der Waals surface area contributed by atoms with Gasteiger partial charge in [-0.1, -0.05) is 67.9 Å². The van der Waals surface area contributed by atoms with E-state index in [0.717, 1.165) is 51.0 Å². The maximum absolute atomic E-state index is 6.42. The molecule has 0 bridgehead atoms. The van der Waals surface area contributed by atoms with Gasteiger partial charge in [-0.15, -0.1) is 35.7 Å². The molecule has 0 atom stereocenters. The first-order valence-corrected chi connectivity index (χ1v) is 14.7. The minimum Gasteiger partial charge on any atom is -0.509 e. The molecule has 0 fully saturated rings. The topological polar surface area (TPSA) is 44.9 Å². The Labute approximate surface area is 272 Å². The number of fused-ring (bicyclic) bond motifs is 3. The van der Waals surface area contributed by atoms with Crippen molar-refractivity contribution in [2.45, 2.75) is 34.1 Å². The first kappa shape index (κ1) is 29.6. The molecule has 3 aromatic heterocycles. The summed E-state index contributed by atoms with van der Waals surface area (Å²) in [5.74, 6) is 2.54. The van der Waals surface area contributed by atoms with Gasteiger partial charge in [0, 0.05) is 28.8 Å². The Bertz CT molecular complexity index is 2090. The second kappa shape index (κ2) is 12.3. The molecule has 7 aromatic rings. The second-order valence-electron chi connectivity index (χ2n) is 11.4. The molecule has 220 valence electrons. The van der Waals surface area contributed by atoms with Crippen LogP contribution in [0.25, 0.3) is 44.4 Å². The van der Waals surface area contributed by atoms with Gasteiger partial charge in [0.05, 0.1) is 11.4 Å². The fraction of sp³-hybridized carbons (Fsp3) is 0.158. The number of aromatic nitrogens is 4. The van der Waals surface area contributed by atoms with E-state index in [1.54, 1.807) is 0 Å². The quantitative estimate of drug-likeness (QED) is 0.153. The molecule has 0 aliphatic carbocycles. The predicted octanol–water partition coefficient (Wildman–Crippen LogP) is 9.24. The summed E-state index contributed by atoms with van der Waals surface area (Å²) in [7, 11) is 0. The SMILES string of the molecule is Cc1ccnc(-n2c3[c-]c(Oc4[c-]c(-n5nc(C)c(-c6ccccc6)c5CC(C)C)ccc4)ccc3c3ccccc32)c1.[Pt+2]. The normalized spacial score (nSPS) is 11.3. The average Bonchev–Trinajstić information content (AvgIpc) is 3.51. The van der Waals surface area contributed by atoms with Crippen molar-refractivity contribution in [2.75, 3.05) is 0 Å². The molecule has 0 saturated carbocycles. The Morgan fingerprint density at radius 1 is 0.795 bits per heavy atom. The van der Waals surface area contributed by atoms with Gasteiger partial charge < -0.3 is 9.30 Å². The summed E-state index contributed by atoms with van der Waals surface area (Å²) in [6, 6.07) is 40.0. The molecule has 4 aromatic carbocycles. The molecule has 0 N–H and O–H groups in total. The minimum absolute atomic E-state index is 0. The maximum Gasteiger partial charge on any atom is 2.00 e. The van der Waals surface area contributed by atoms with Crippen molar-refractivity contribution in [3.63, 3.8) is 0 Å². The number of para-hydroxylation sites is 1. The van der Waals surface area contributed by atoms with E-state index in [9.17, 15) is 0 Å². The molecule has 0 aliphatic rings. The van der Waals surface area contributed by atoms with Crippen LogP contribution < -0.4 is 4.74 Å². The van der Waals surface area contributed by atoms with Crippen LogP contribution >= 0.6 is 0 Å². The van der Waals surface area contributed by atoms with E-state index in [0.29, 0.717) is 17.4 Å². The number of pyridine rings is 1. The van der Waals surface area contributed by atoms with E-state index in [4.69, 9.17) is 9.84 Å². The minimum atomic E-state index is 0. The summed E-state index contributed by atoms with van der Waals surface area (Å²) < 4.78 is 10.6. The van der Waals surface area contributed by atoms with Crippen molar-refractivity contribution in [3.8, 4) is 34.1 Å². The molecular formula is C38H32N4OPt. The van der Waals surface area contributed by atoms with E-state index in [1.807, 2.05) is 47.3 Å². The van der Waals surface area contributed by atoms with Crippen LogP contribution in [0.3, 0.4) is 0 Å². The van der Waals surface area contributed by atoms with Crippen LogP contribution in [0.4, 0.5) is 0 Å². The molecule has 6 heteroatoms. The van der Waals surface area contributed by atoms with Crippen LogP contribution in [0.15, 0.2) is 103 Å². The van der Waals surface area contributed by atoms with Crippen LogP contribution in [-0.2, 0) is 27.5 Å². The zero-order chi connectivity index (χ0) is 29.5. The van der Waals surface area contributed by atoms with Crippen LogP contribution in [0, 0.1) is 31.9 Å². The Morgan fingerprint density at radius 3 is 2.36 bits per heavy atom. The molecule has 0 amide bonds.